The Hall–Kier alpha value is 2.37. The molecule has 5 nitrogen and oxygen atoms in total. The average Bonchev–Trinajstić information content (AvgIpc) is 1.90. The van der Waals surface area contributed by atoms with E-state index in [0.29, 0.717) is 0 Å². The number of carbonyl (C=O) groups excluding carboxylic acids is 2. The molecular weight excluding hydrogens is 545 g/mol. The van der Waals surface area contributed by atoms with Crippen LogP contribution in [0.4, 0.5) is 0 Å². The van der Waals surface area contributed by atoms with Gasteiger partial charge in [0.05, 0.1) is 0 Å². The molecule has 134 valence electrons. The van der Waals surface area contributed by atoms with E-state index in [2.05, 4.69) is 45.3 Å². The molecule has 0 amide bonds. The maximum absolute atomic E-state index is 9.51. The number of halogens is 10. The summed E-state index contributed by atoms with van der Waals surface area (Å²) in [6.07, 6.45) is -0.833. The second-order valence-corrected chi connectivity index (χ2v) is 24.8. The summed E-state index contributed by atoms with van der Waals surface area (Å²) in [5.74, 6) is 0. The molecule has 0 aromatic carbocycles. The van der Waals surface area contributed by atoms with Gasteiger partial charge in [0.1, 0.15) is 7.66 Å². The largest absolute Gasteiger partial charge is 0.483 e. The second kappa shape index (κ2) is 22.4. The van der Waals surface area contributed by atoms with Crippen LogP contribution in [0.3, 0.4) is 0 Å². The maximum Gasteiger partial charge on any atom is 0.339 e. The molecule has 0 rings (SSSR count). The van der Waals surface area contributed by atoms with Gasteiger partial charge in [0.2, 0.25) is 5.72 Å². The van der Waals surface area contributed by atoms with E-state index in [1.54, 1.807) is 0 Å². The number of aldehydes is 1. The van der Waals surface area contributed by atoms with E-state index in [-0.39, 0.29) is 12.4 Å². The van der Waals surface area contributed by atoms with Crippen molar-refractivity contribution in [2.45, 2.75) is 6.92 Å². The zero-order valence-corrected chi connectivity index (χ0v) is 18.8. The number of hydrogen-bond donors (Lipinski definition) is 1. The van der Waals surface area contributed by atoms with Gasteiger partial charge in [0, 0.05) is 0 Å². The van der Waals surface area contributed by atoms with E-state index < -0.39 is 20.7 Å². The Morgan fingerprint density at radius 2 is 1.05 bits per heavy atom. The molecule has 21 heavy (non-hydrogen) atoms. The first kappa shape index (κ1) is 31.2. The number of carboxylic acid groups (broad SMARTS) is 1. The quantitative estimate of drug-likeness (QED) is 0.186. The van der Waals surface area contributed by atoms with Crippen molar-refractivity contribution >= 4 is 141 Å². The van der Waals surface area contributed by atoms with Crippen LogP contribution in [0.15, 0.2) is 0 Å². The summed E-state index contributed by atoms with van der Waals surface area (Å²) in [5, 5.41) is 3.86. The summed E-state index contributed by atoms with van der Waals surface area (Å²) in [4.78, 5) is 26.3. The van der Waals surface area contributed by atoms with Gasteiger partial charge in [-0.2, -0.15) is 0 Å². The Labute approximate surface area is 173 Å². The Morgan fingerprint density at radius 1 is 1.05 bits per heavy atom. The van der Waals surface area contributed by atoms with Gasteiger partial charge >= 0.3 is 64.8 Å². The van der Waals surface area contributed by atoms with Crippen molar-refractivity contribution < 1.29 is 26.8 Å². The molecule has 0 aromatic heterocycles. The molecule has 17 heteroatoms. The van der Waals surface area contributed by atoms with Crippen LogP contribution in [-0.2, 0) is 18.9 Å². The van der Waals surface area contributed by atoms with Gasteiger partial charge in [0.25, 0.3) is 6.45 Å². The summed E-state index contributed by atoms with van der Waals surface area (Å²) < 4.78 is 17.0. The molecule has 0 unspecified atom stereocenters. The minimum Gasteiger partial charge on any atom is -0.483 e. The molecule has 0 saturated carbocycles. The van der Waals surface area contributed by atoms with E-state index in [0.717, 1.165) is 6.29 Å². The van der Waals surface area contributed by atoms with Crippen LogP contribution >= 0.6 is 123 Å². The molecule has 0 aliphatic heterocycles. The van der Waals surface area contributed by atoms with E-state index >= 15 is 0 Å². The molecule has 0 aliphatic carbocycles. The minimum atomic E-state index is -3.69. The first-order chi connectivity index (χ1) is 9.11. The van der Waals surface area contributed by atoms with Gasteiger partial charge in [-0.05, 0) is 52.2 Å². The van der Waals surface area contributed by atoms with Gasteiger partial charge in [-0.3, -0.25) is 14.2 Å². The second-order valence-electron chi connectivity index (χ2n) is 1.44. The fourth-order valence-electron chi connectivity index (χ4n) is 0. The normalized spacial score (nSPS) is 11.4. The van der Waals surface area contributed by atoms with Crippen LogP contribution in [0.1, 0.15) is 9.67 Å². The first-order valence-electron chi connectivity index (χ1n) is 4.17. The number of carbonyl (C=O) groups is 3. The molecule has 0 atom stereocenters. The van der Waals surface area contributed by atoms with E-state index in [1.165, 1.54) is 6.92 Å². The molecule has 0 aromatic rings. The molecule has 0 bridgehead atoms. The topological polar surface area (TPSA) is 88.5 Å². The molecule has 0 fully saturated rings. The first-order valence-corrected chi connectivity index (χ1v) is 14.7. The summed E-state index contributed by atoms with van der Waals surface area (Å²) in [6, 6.07) is 0. The van der Waals surface area contributed by atoms with Crippen LogP contribution in [0.5, 0.6) is 0 Å². The van der Waals surface area contributed by atoms with Gasteiger partial charge in [-0.1, -0.05) is 0 Å². The molecule has 0 aliphatic rings. The van der Waals surface area contributed by atoms with Crippen LogP contribution < -0.4 is 0 Å². The molecule has 0 radical (unpaired) electrons. The van der Waals surface area contributed by atoms with Crippen molar-refractivity contribution in [2.24, 2.45) is 0 Å². The molecule has 0 heterocycles. The van der Waals surface area contributed by atoms with E-state index in [4.69, 9.17) is 78.4 Å². The van der Waals surface area contributed by atoms with Crippen LogP contribution in [-0.4, -0.2) is 23.6 Å². The predicted molar refractivity (Wildman–Crippen MR) is 102 cm³/mol. The van der Waals surface area contributed by atoms with Crippen molar-refractivity contribution in [3.8, 4) is 0 Å². The fraction of sp³-hybridized carbons (Fsp3) is 0.250. The number of rotatable bonds is 0. The Kier molecular flexibility index (Phi) is 33.2. The van der Waals surface area contributed by atoms with Crippen LogP contribution in [0.2, 0.25) is 0 Å². The number of hydrogen-bond acceptors (Lipinski definition) is 4. The van der Waals surface area contributed by atoms with E-state index in [9.17, 15) is 4.57 Å². The summed E-state index contributed by atoms with van der Waals surface area (Å²) in [5.41, 5.74) is -1.11. The third-order valence-electron chi connectivity index (χ3n) is 0. The van der Waals surface area contributed by atoms with Crippen LogP contribution in [0.25, 0.3) is 0 Å². The summed E-state index contributed by atoms with van der Waals surface area (Å²) in [7, 11) is 0. The zero-order valence-electron chi connectivity index (χ0n) is 11.4. The van der Waals surface area contributed by atoms with Crippen molar-refractivity contribution in [2.75, 3.05) is 0 Å². The smallest absolute Gasteiger partial charge is 0.339 e. The van der Waals surface area contributed by atoms with E-state index in [1.807, 2.05) is 0 Å². The van der Waals surface area contributed by atoms with Crippen molar-refractivity contribution in [1.82, 2.24) is 0 Å². The Balaban J connectivity index is -0.0000000396. The van der Waals surface area contributed by atoms with Crippen molar-refractivity contribution in [3.63, 3.8) is 0 Å². The zero-order chi connectivity index (χ0) is 19.8. The van der Waals surface area contributed by atoms with Gasteiger partial charge in [-0.25, -0.2) is 0 Å². The summed E-state index contributed by atoms with van der Waals surface area (Å²) in [6.45, 7) is 1.44. The third-order valence-corrected chi connectivity index (χ3v) is 0. The monoisotopic (exact) mass is 552 g/mol. The molecular formula is C4H8Cl10O5P2. The van der Waals surface area contributed by atoms with Crippen LogP contribution in [0, 0.1) is 0 Å². The standard InChI is InChI=1S/C2H4O.CHClO.CH2O2.Cl5P.Cl3OP.ClH/c1-2-3;2*2-1-3;1-6(2,3,4)5;1-5(2,3)4;/h2H,1H3;1H;1H,(H,2,3);;;1H/i;2*1T;;;. The van der Waals surface area contributed by atoms with Gasteiger partial charge in [0.15, 0.2) is 1.37 Å². The Bertz CT molecular complexity index is 323. The predicted octanol–water partition coefficient (Wildman–Crippen LogP) is 7.86. The summed E-state index contributed by atoms with van der Waals surface area (Å²) >= 11 is 43.0. The molecule has 0 spiro atoms. The fourth-order valence-corrected chi connectivity index (χ4v) is 0. The maximum atomic E-state index is 9.51. The van der Waals surface area contributed by atoms with Gasteiger partial charge in [-0.15, -0.1) is 12.4 Å². The molecule has 0 saturated heterocycles. The van der Waals surface area contributed by atoms with Crippen molar-refractivity contribution in [1.29, 1.82) is 0 Å². The third kappa shape index (κ3) is 1650. The molecule has 1 N–H and O–H groups in total. The van der Waals surface area contributed by atoms with Crippen molar-refractivity contribution in [3.05, 3.63) is 0 Å². The Morgan fingerprint density at radius 3 is 1.05 bits per heavy atom. The minimum absolute atomic E-state index is 0. The average molecular weight is 557 g/mol. The SMILES string of the molecule is CC=O.Cl.ClP(Cl)(Cl)(Cl)Cl.O=P(Cl)(Cl)Cl.[3H]C(=O)Cl.[3H]C(=O)O. The van der Waals surface area contributed by atoms with Gasteiger partial charge < -0.3 is 9.90 Å².